The van der Waals surface area contributed by atoms with Gasteiger partial charge in [0, 0.05) is 0 Å². The van der Waals surface area contributed by atoms with Crippen molar-refractivity contribution in [2.75, 3.05) is 7.11 Å². The first-order valence-electron chi connectivity index (χ1n) is 6.34. The third-order valence-corrected chi connectivity index (χ3v) is 2.20. The highest BCUT2D eigenvalue weighted by Crippen LogP contribution is 2.05. The normalized spacial score (nSPS) is 8.28. The van der Waals surface area contributed by atoms with Crippen molar-refractivity contribution in [1.29, 1.82) is 0 Å². The van der Waals surface area contributed by atoms with E-state index >= 15 is 0 Å². The largest absolute Gasteiger partial charge is 0.497 e. The molecule has 0 fully saturated rings. The second-order valence-electron chi connectivity index (χ2n) is 3.67. The molecule has 0 aliphatic carbocycles. The summed E-state index contributed by atoms with van der Waals surface area (Å²) in [4.78, 5) is 0. The van der Waals surface area contributed by atoms with Gasteiger partial charge in [0.2, 0.25) is 0 Å². The summed E-state index contributed by atoms with van der Waals surface area (Å²) >= 11 is 0. The van der Waals surface area contributed by atoms with Crippen molar-refractivity contribution in [3.05, 3.63) is 65.7 Å². The predicted octanol–water partition coefficient (Wildman–Crippen LogP) is 5.02. The van der Waals surface area contributed by atoms with Crippen molar-refractivity contribution in [3.8, 4) is 5.75 Å². The zero-order chi connectivity index (χ0) is 13.8. The Morgan fingerprint density at radius 2 is 1.06 bits per heavy atom. The number of aryl methyl sites for hydroxylation is 2. The SMILES string of the molecule is CC.COc1ccccc1.Cc1ccc(C)cc1. The summed E-state index contributed by atoms with van der Waals surface area (Å²) in [5.41, 5.74) is 2.66. The molecule has 98 valence electrons. The maximum absolute atomic E-state index is 4.91. The summed E-state index contributed by atoms with van der Waals surface area (Å²) in [6.07, 6.45) is 0. The fourth-order valence-corrected chi connectivity index (χ4v) is 1.19. The monoisotopic (exact) mass is 244 g/mol. The van der Waals surface area contributed by atoms with Gasteiger partial charge >= 0.3 is 0 Å². The smallest absolute Gasteiger partial charge is 0.118 e. The van der Waals surface area contributed by atoms with E-state index < -0.39 is 0 Å². The maximum Gasteiger partial charge on any atom is 0.118 e. The molecule has 0 aromatic heterocycles. The molecule has 2 aromatic rings. The highest BCUT2D eigenvalue weighted by Gasteiger charge is 1.80. The van der Waals surface area contributed by atoms with Gasteiger partial charge in [-0.05, 0) is 26.0 Å². The van der Waals surface area contributed by atoms with Gasteiger partial charge < -0.3 is 4.74 Å². The molecule has 0 N–H and O–H groups in total. The molecule has 0 saturated carbocycles. The minimum Gasteiger partial charge on any atom is -0.497 e. The summed E-state index contributed by atoms with van der Waals surface area (Å²) in [5.74, 6) is 0.910. The first-order chi connectivity index (χ1) is 8.72. The quantitative estimate of drug-likeness (QED) is 0.684. The Kier molecular flexibility index (Phi) is 9.38. The lowest BCUT2D eigenvalue weighted by Gasteiger charge is -1.93. The van der Waals surface area contributed by atoms with Gasteiger partial charge in [-0.3, -0.25) is 0 Å². The van der Waals surface area contributed by atoms with Gasteiger partial charge in [-0.1, -0.05) is 67.4 Å². The standard InChI is InChI=1S/C8H10.C7H8O.C2H6/c1-7-3-5-8(2)6-4-7;1-8-7-5-3-2-4-6-7;1-2/h3-6H,1-2H3;2-6H,1H3;1-2H3. The molecule has 0 unspecified atom stereocenters. The van der Waals surface area contributed by atoms with Gasteiger partial charge in [-0.25, -0.2) is 0 Å². The van der Waals surface area contributed by atoms with Crippen LogP contribution >= 0.6 is 0 Å². The van der Waals surface area contributed by atoms with Gasteiger partial charge in [0.25, 0.3) is 0 Å². The average Bonchev–Trinajstić information content (AvgIpc) is 2.46. The van der Waals surface area contributed by atoms with Gasteiger partial charge in [0.15, 0.2) is 0 Å². The predicted molar refractivity (Wildman–Crippen MR) is 80.3 cm³/mol. The first kappa shape index (κ1) is 16.2. The van der Waals surface area contributed by atoms with Gasteiger partial charge in [-0.15, -0.1) is 0 Å². The molecule has 0 amide bonds. The molecular weight excluding hydrogens is 220 g/mol. The molecule has 18 heavy (non-hydrogen) atoms. The molecule has 0 bridgehead atoms. The van der Waals surface area contributed by atoms with Crippen LogP contribution in [-0.2, 0) is 0 Å². The van der Waals surface area contributed by atoms with Crippen molar-refractivity contribution in [3.63, 3.8) is 0 Å². The van der Waals surface area contributed by atoms with E-state index in [2.05, 4.69) is 38.1 Å². The molecule has 0 radical (unpaired) electrons. The van der Waals surface area contributed by atoms with Crippen molar-refractivity contribution in [2.24, 2.45) is 0 Å². The lowest BCUT2D eigenvalue weighted by atomic mass is 10.2. The summed E-state index contributed by atoms with van der Waals surface area (Å²) < 4.78 is 4.91. The number of ether oxygens (including phenoxy) is 1. The minimum absolute atomic E-state index is 0.910. The van der Waals surface area contributed by atoms with Crippen molar-refractivity contribution < 1.29 is 4.74 Å². The van der Waals surface area contributed by atoms with E-state index in [9.17, 15) is 0 Å². The Balaban J connectivity index is 0.000000283. The van der Waals surface area contributed by atoms with E-state index in [1.165, 1.54) is 11.1 Å². The Bertz CT molecular complexity index is 369. The molecule has 0 spiro atoms. The van der Waals surface area contributed by atoms with Crippen LogP contribution in [0.1, 0.15) is 25.0 Å². The Morgan fingerprint density at radius 3 is 1.33 bits per heavy atom. The first-order valence-corrected chi connectivity index (χ1v) is 6.34. The summed E-state index contributed by atoms with van der Waals surface area (Å²) in [6.45, 7) is 8.19. The lowest BCUT2D eigenvalue weighted by Crippen LogP contribution is -1.78. The van der Waals surface area contributed by atoms with E-state index in [1.54, 1.807) is 7.11 Å². The van der Waals surface area contributed by atoms with E-state index in [4.69, 9.17) is 4.74 Å². The van der Waals surface area contributed by atoms with E-state index in [0.29, 0.717) is 0 Å². The third kappa shape index (κ3) is 7.50. The molecule has 0 aliphatic rings. The van der Waals surface area contributed by atoms with Gasteiger partial charge in [0.1, 0.15) is 5.75 Å². The van der Waals surface area contributed by atoms with Crippen molar-refractivity contribution in [2.45, 2.75) is 27.7 Å². The van der Waals surface area contributed by atoms with Crippen LogP contribution in [0.5, 0.6) is 5.75 Å². The van der Waals surface area contributed by atoms with Crippen molar-refractivity contribution in [1.82, 2.24) is 0 Å². The lowest BCUT2D eigenvalue weighted by molar-refractivity contribution is 0.415. The molecule has 2 aromatic carbocycles. The highest BCUT2D eigenvalue weighted by molar-refractivity contribution is 5.20. The summed E-state index contributed by atoms with van der Waals surface area (Å²) in [5, 5.41) is 0. The minimum atomic E-state index is 0.910. The molecule has 0 aliphatic heterocycles. The molecule has 1 heteroatoms. The second-order valence-corrected chi connectivity index (χ2v) is 3.67. The number of hydrogen-bond acceptors (Lipinski definition) is 1. The Hall–Kier alpha value is -1.76. The van der Waals surface area contributed by atoms with Crippen molar-refractivity contribution >= 4 is 0 Å². The molecule has 0 saturated heterocycles. The number of benzene rings is 2. The third-order valence-electron chi connectivity index (χ3n) is 2.20. The second kappa shape index (κ2) is 10.4. The van der Waals surface area contributed by atoms with Crippen LogP contribution in [0.2, 0.25) is 0 Å². The van der Waals surface area contributed by atoms with Crippen LogP contribution in [0, 0.1) is 13.8 Å². The van der Waals surface area contributed by atoms with E-state index in [1.807, 2.05) is 44.2 Å². The van der Waals surface area contributed by atoms with E-state index in [0.717, 1.165) is 5.75 Å². The Labute approximate surface area is 111 Å². The highest BCUT2D eigenvalue weighted by atomic mass is 16.5. The zero-order valence-corrected chi connectivity index (χ0v) is 12.1. The molecule has 0 atom stereocenters. The van der Waals surface area contributed by atoms with Crippen LogP contribution < -0.4 is 4.74 Å². The van der Waals surface area contributed by atoms with Crippen LogP contribution in [-0.4, -0.2) is 7.11 Å². The topological polar surface area (TPSA) is 9.23 Å². The zero-order valence-electron chi connectivity index (χ0n) is 12.1. The summed E-state index contributed by atoms with van der Waals surface area (Å²) in [7, 11) is 1.66. The van der Waals surface area contributed by atoms with Crippen LogP contribution in [0.4, 0.5) is 0 Å². The fourth-order valence-electron chi connectivity index (χ4n) is 1.19. The summed E-state index contributed by atoms with van der Waals surface area (Å²) in [6, 6.07) is 18.2. The molecular formula is C17H24O. The van der Waals surface area contributed by atoms with Gasteiger partial charge in [-0.2, -0.15) is 0 Å². The Morgan fingerprint density at radius 1 is 0.667 bits per heavy atom. The van der Waals surface area contributed by atoms with Crippen LogP contribution in [0.3, 0.4) is 0 Å². The number of para-hydroxylation sites is 1. The number of methoxy groups -OCH3 is 1. The molecule has 1 nitrogen and oxygen atoms in total. The molecule has 2 rings (SSSR count). The number of rotatable bonds is 1. The van der Waals surface area contributed by atoms with Gasteiger partial charge in [0.05, 0.1) is 7.11 Å². The van der Waals surface area contributed by atoms with Crippen LogP contribution in [0.25, 0.3) is 0 Å². The fraction of sp³-hybridized carbons (Fsp3) is 0.294. The maximum atomic E-state index is 4.91. The molecule has 0 heterocycles. The van der Waals surface area contributed by atoms with Crippen LogP contribution in [0.15, 0.2) is 54.6 Å². The average molecular weight is 244 g/mol. The number of hydrogen-bond donors (Lipinski definition) is 0. The van der Waals surface area contributed by atoms with E-state index in [-0.39, 0.29) is 0 Å².